The van der Waals surface area contributed by atoms with E-state index in [4.69, 9.17) is 4.74 Å². The summed E-state index contributed by atoms with van der Waals surface area (Å²) in [5.41, 5.74) is 5.61. The molecule has 1 N–H and O–H groups in total. The number of hydrogen-bond donors (Lipinski definition) is 1. The molecule has 3 nitrogen and oxygen atoms in total. The molecular formula is C23H23NO2. The third-order valence-electron chi connectivity index (χ3n) is 4.07. The summed E-state index contributed by atoms with van der Waals surface area (Å²) in [6.45, 7) is 7.69. The Bertz CT molecular complexity index is 841. The monoisotopic (exact) mass is 345 g/mol. The molecule has 26 heavy (non-hydrogen) atoms. The van der Waals surface area contributed by atoms with Crippen molar-refractivity contribution in [3.8, 4) is 5.75 Å². The number of hydrogen-bond acceptors (Lipinski definition) is 3. The molecular weight excluding hydrogens is 322 g/mol. The maximum absolute atomic E-state index is 9.56. The molecule has 3 aromatic rings. The highest BCUT2D eigenvalue weighted by atomic mass is 16.6. The fourth-order valence-electron chi connectivity index (χ4n) is 2.84. The molecule has 3 rings (SSSR count). The van der Waals surface area contributed by atoms with Gasteiger partial charge in [-0.25, -0.2) is 0 Å². The highest BCUT2D eigenvalue weighted by molar-refractivity contribution is 5.77. The van der Waals surface area contributed by atoms with Gasteiger partial charge in [0.1, 0.15) is 5.75 Å². The number of anilines is 3. The molecule has 132 valence electrons. The van der Waals surface area contributed by atoms with Crippen molar-refractivity contribution in [3.63, 3.8) is 0 Å². The molecule has 0 radical (unpaired) electrons. The van der Waals surface area contributed by atoms with Gasteiger partial charge in [-0.15, -0.1) is 0 Å². The van der Waals surface area contributed by atoms with E-state index in [-0.39, 0.29) is 0 Å². The van der Waals surface area contributed by atoms with E-state index in [0.717, 1.165) is 17.1 Å². The first-order chi connectivity index (χ1) is 12.6. The lowest BCUT2D eigenvalue weighted by Gasteiger charge is -2.26. The normalized spacial score (nSPS) is 11.7. The van der Waals surface area contributed by atoms with Crippen LogP contribution in [0.25, 0.3) is 0 Å². The Balaban J connectivity index is 2.02. The van der Waals surface area contributed by atoms with E-state index in [2.05, 4.69) is 73.9 Å². The number of aliphatic hydroxyl groups is 1. The minimum Gasteiger partial charge on any atom is -0.461 e. The molecule has 0 fully saturated rings. The summed E-state index contributed by atoms with van der Waals surface area (Å²) in [6, 6.07) is 24.5. The van der Waals surface area contributed by atoms with Crippen molar-refractivity contribution >= 4 is 17.1 Å². The van der Waals surface area contributed by atoms with Crippen LogP contribution in [0.1, 0.15) is 11.1 Å². The first kappa shape index (κ1) is 17.8. The number of nitrogens with zero attached hydrogens (tertiary/aromatic N) is 1. The molecule has 3 aromatic carbocycles. The van der Waals surface area contributed by atoms with E-state index in [0.29, 0.717) is 5.75 Å². The number of rotatable bonds is 6. The molecule has 1 atom stereocenters. The van der Waals surface area contributed by atoms with Gasteiger partial charge < -0.3 is 14.7 Å². The molecule has 0 bridgehead atoms. The van der Waals surface area contributed by atoms with Gasteiger partial charge in [-0.1, -0.05) is 30.8 Å². The molecule has 0 aliphatic rings. The molecule has 0 aliphatic carbocycles. The Morgan fingerprint density at radius 2 is 1.38 bits per heavy atom. The van der Waals surface area contributed by atoms with Crippen LogP contribution in [-0.4, -0.2) is 11.4 Å². The lowest BCUT2D eigenvalue weighted by Crippen LogP contribution is -2.12. The summed E-state index contributed by atoms with van der Waals surface area (Å²) in [4.78, 5) is 2.20. The fourth-order valence-corrected chi connectivity index (χ4v) is 2.84. The predicted octanol–water partition coefficient (Wildman–Crippen LogP) is 5.66. The Kier molecular flexibility index (Phi) is 5.40. The Labute approximate surface area is 154 Å². The fraction of sp³-hybridized carbons (Fsp3) is 0.130. The van der Waals surface area contributed by atoms with Crippen LogP contribution < -0.4 is 9.64 Å². The maximum Gasteiger partial charge on any atom is 0.216 e. The van der Waals surface area contributed by atoms with Crippen LogP contribution >= 0.6 is 0 Å². The van der Waals surface area contributed by atoms with E-state index < -0.39 is 6.29 Å². The molecule has 0 aliphatic heterocycles. The van der Waals surface area contributed by atoms with Gasteiger partial charge in [-0.05, 0) is 79.6 Å². The van der Waals surface area contributed by atoms with Crippen molar-refractivity contribution in [1.29, 1.82) is 0 Å². The molecule has 0 saturated heterocycles. The van der Waals surface area contributed by atoms with Crippen LogP contribution in [0, 0.1) is 13.8 Å². The van der Waals surface area contributed by atoms with Crippen LogP contribution in [0.3, 0.4) is 0 Å². The van der Waals surface area contributed by atoms with Gasteiger partial charge in [-0.2, -0.15) is 0 Å². The zero-order valence-corrected chi connectivity index (χ0v) is 15.1. The largest absolute Gasteiger partial charge is 0.461 e. The lowest BCUT2D eigenvalue weighted by atomic mass is 10.1. The van der Waals surface area contributed by atoms with Crippen LogP contribution in [0.15, 0.2) is 85.5 Å². The maximum atomic E-state index is 9.56. The second-order valence-electron chi connectivity index (χ2n) is 6.25. The summed E-state index contributed by atoms with van der Waals surface area (Å²) in [5, 5.41) is 9.56. The van der Waals surface area contributed by atoms with Gasteiger partial charge in [0.05, 0.1) is 0 Å². The first-order valence-corrected chi connectivity index (χ1v) is 8.57. The van der Waals surface area contributed by atoms with Crippen molar-refractivity contribution < 1.29 is 9.84 Å². The van der Waals surface area contributed by atoms with Crippen molar-refractivity contribution in [3.05, 3.63) is 96.6 Å². The zero-order valence-electron chi connectivity index (χ0n) is 15.1. The average molecular weight is 345 g/mol. The number of ether oxygens (including phenoxy) is 1. The predicted molar refractivity (Wildman–Crippen MR) is 107 cm³/mol. The first-order valence-electron chi connectivity index (χ1n) is 8.57. The highest BCUT2D eigenvalue weighted by Gasteiger charge is 2.13. The second kappa shape index (κ2) is 7.89. The van der Waals surface area contributed by atoms with E-state index in [1.807, 2.05) is 24.3 Å². The topological polar surface area (TPSA) is 32.7 Å². The van der Waals surface area contributed by atoms with Gasteiger partial charge in [-0.3, -0.25) is 0 Å². The molecule has 0 amide bonds. The van der Waals surface area contributed by atoms with E-state index in [1.165, 1.54) is 17.2 Å². The van der Waals surface area contributed by atoms with Gasteiger partial charge in [0, 0.05) is 17.1 Å². The SMILES string of the molecule is C=CC(O)Oc1ccc(N(c2cccc(C)c2)c2cccc(C)c2)cc1. The molecule has 0 saturated carbocycles. The third kappa shape index (κ3) is 4.13. The Hall–Kier alpha value is -3.04. The van der Waals surface area contributed by atoms with Gasteiger partial charge in [0.15, 0.2) is 0 Å². The second-order valence-corrected chi connectivity index (χ2v) is 6.25. The number of aliphatic hydroxyl groups excluding tert-OH is 1. The molecule has 1 unspecified atom stereocenters. The van der Waals surface area contributed by atoms with Crippen LogP contribution in [0.4, 0.5) is 17.1 Å². The summed E-state index contributed by atoms with van der Waals surface area (Å²) in [7, 11) is 0. The third-order valence-corrected chi connectivity index (χ3v) is 4.07. The summed E-state index contributed by atoms with van der Waals surface area (Å²) in [5.74, 6) is 0.592. The zero-order chi connectivity index (χ0) is 18.5. The van der Waals surface area contributed by atoms with Gasteiger partial charge >= 0.3 is 0 Å². The van der Waals surface area contributed by atoms with Crippen molar-refractivity contribution in [1.82, 2.24) is 0 Å². The van der Waals surface area contributed by atoms with Gasteiger partial charge in [0.2, 0.25) is 6.29 Å². The number of aryl methyl sites for hydroxylation is 2. The molecule has 0 aromatic heterocycles. The standard InChI is InChI=1S/C23H23NO2/c1-4-23(25)26-22-13-11-19(12-14-22)24(20-9-5-7-17(2)15-20)21-10-6-8-18(3)16-21/h4-16,23,25H,1H2,2-3H3. The van der Waals surface area contributed by atoms with Crippen LogP contribution in [0.5, 0.6) is 5.75 Å². The van der Waals surface area contributed by atoms with E-state index in [1.54, 1.807) is 0 Å². The molecule has 0 spiro atoms. The van der Waals surface area contributed by atoms with Crippen LogP contribution in [0.2, 0.25) is 0 Å². The molecule has 3 heteroatoms. The lowest BCUT2D eigenvalue weighted by molar-refractivity contribution is 0.0251. The average Bonchev–Trinajstić information content (AvgIpc) is 2.63. The van der Waals surface area contributed by atoms with Crippen molar-refractivity contribution in [2.24, 2.45) is 0 Å². The minimum atomic E-state index is -1.01. The van der Waals surface area contributed by atoms with Gasteiger partial charge in [0.25, 0.3) is 0 Å². The van der Waals surface area contributed by atoms with Crippen molar-refractivity contribution in [2.75, 3.05) is 4.90 Å². The summed E-state index contributed by atoms with van der Waals surface area (Å²) in [6.07, 6.45) is 0.338. The summed E-state index contributed by atoms with van der Waals surface area (Å²) >= 11 is 0. The Morgan fingerprint density at radius 1 is 0.846 bits per heavy atom. The smallest absolute Gasteiger partial charge is 0.216 e. The van der Waals surface area contributed by atoms with E-state index in [9.17, 15) is 5.11 Å². The molecule has 0 heterocycles. The highest BCUT2D eigenvalue weighted by Crippen LogP contribution is 2.35. The Morgan fingerprint density at radius 3 is 1.85 bits per heavy atom. The van der Waals surface area contributed by atoms with Crippen molar-refractivity contribution in [2.45, 2.75) is 20.1 Å². The summed E-state index contributed by atoms with van der Waals surface area (Å²) < 4.78 is 5.37. The van der Waals surface area contributed by atoms with Crippen LogP contribution in [-0.2, 0) is 0 Å². The van der Waals surface area contributed by atoms with E-state index >= 15 is 0 Å². The number of benzene rings is 3. The minimum absolute atomic E-state index is 0.592. The quantitative estimate of drug-likeness (QED) is 0.462.